The molecule has 7 nitrogen and oxygen atoms in total. The molecule has 1 fully saturated rings. The molecule has 5 atom stereocenters. The highest BCUT2D eigenvalue weighted by Crippen LogP contribution is 2.42. The van der Waals surface area contributed by atoms with Gasteiger partial charge in [0.25, 0.3) is 10.9 Å². The van der Waals surface area contributed by atoms with Crippen molar-refractivity contribution in [3.05, 3.63) is 112 Å². The van der Waals surface area contributed by atoms with E-state index in [4.69, 9.17) is 29.6 Å². The highest BCUT2D eigenvalue weighted by atomic mass is 32.1. The van der Waals surface area contributed by atoms with Crippen LogP contribution in [0.5, 0.6) is 0 Å². The molecule has 1 heterocycles. The molecule has 180 valence electrons. The molecule has 0 unspecified atom stereocenters. The summed E-state index contributed by atoms with van der Waals surface area (Å²) >= 11 is 10.2. The number of ether oxygens (including phenoxy) is 1. The average Bonchev–Trinajstić information content (AvgIpc) is 3.18. The molecule has 1 aliphatic rings. The number of aliphatic hydroxyl groups excluding tert-OH is 1. The largest absolute Gasteiger partial charge is 0.460 e. The van der Waals surface area contributed by atoms with E-state index in [-0.39, 0.29) is 10.9 Å². The van der Waals surface area contributed by atoms with Crippen LogP contribution >= 0.6 is 24.8 Å². The maximum Gasteiger partial charge on any atom is 0.269 e. The zero-order valence-corrected chi connectivity index (χ0v) is 20.5. The summed E-state index contributed by atoms with van der Waals surface area (Å²) in [4.78, 5) is 25.9. The minimum absolute atomic E-state index is 0.0332. The predicted molar refractivity (Wildman–Crippen MR) is 139 cm³/mol. The first-order valence-electron chi connectivity index (χ1n) is 11.0. The monoisotopic (exact) mass is 508 g/mol. The molecule has 0 aromatic heterocycles. The van der Waals surface area contributed by atoms with Crippen LogP contribution < -0.4 is 0 Å². The Hall–Kier alpha value is -3.27. The van der Waals surface area contributed by atoms with Crippen LogP contribution in [0.25, 0.3) is 0 Å². The topological polar surface area (TPSA) is 92.9 Å². The van der Waals surface area contributed by atoms with Crippen LogP contribution in [0.2, 0.25) is 0 Å². The quantitative estimate of drug-likeness (QED) is 0.198. The third-order valence-corrected chi connectivity index (χ3v) is 7.10. The summed E-state index contributed by atoms with van der Waals surface area (Å²) in [6.45, 7) is 1.85. The van der Waals surface area contributed by atoms with E-state index in [0.29, 0.717) is 5.56 Å². The van der Waals surface area contributed by atoms with Gasteiger partial charge in [0.2, 0.25) is 5.91 Å². The van der Waals surface area contributed by atoms with Crippen molar-refractivity contribution in [2.45, 2.75) is 30.4 Å². The van der Waals surface area contributed by atoms with Crippen LogP contribution in [0.3, 0.4) is 0 Å². The molecule has 1 N–H and O–H groups in total. The number of carbonyl (C=O) groups is 1. The lowest BCUT2D eigenvalue weighted by molar-refractivity contribution is -0.384. The fourth-order valence-electron chi connectivity index (χ4n) is 4.31. The average molecular weight is 509 g/mol. The number of carbonyl (C=O) groups excluding carboxylic acids is 1. The molecule has 4 rings (SSSR count). The van der Waals surface area contributed by atoms with Gasteiger partial charge in [0.05, 0.1) is 23.0 Å². The summed E-state index contributed by atoms with van der Waals surface area (Å²) in [6.07, 6.45) is -1.74. The summed E-state index contributed by atoms with van der Waals surface area (Å²) in [5, 5.41) is 21.8. The van der Waals surface area contributed by atoms with E-state index >= 15 is 0 Å². The maximum atomic E-state index is 14.0. The fraction of sp³-hybridized carbons (Fsp3) is 0.231. The van der Waals surface area contributed by atoms with Crippen LogP contribution in [0.4, 0.5) is 5.69 Å². The number of amides is 1. The molecule has 0 spiro atoms. The van der Waals surface area contributed by atoms with Gasteiger partial charge in [-0.2, -0.15) is 12.6 Å². The second kappa shape index (κ2) is 10.6. The van der Waals surface area contributed by atoms with Gasteiger partial charge < -0.3 is 9.84 Å². The lowest BCUT2D eigenvalue weighted by atomic mass is 9.87. The smallest absolute Gasteiger partial charge is 0.269 e. The lowest BCUT2D eigenvalue weighted by Gasteiger charge is -2.32. The molecule has 35 heavy (non-hydrogen) atoms. The van der Waals surface area contributed by atoms with Gasteiger partial charge in [0.1, 0.15) is 6.10 Å². The van der Waals surface area contributed by atoms with Gasteiger partial charge >= 0.3 is 0 Å². The number of thiocarbonyl (C=S) groups is 1. The number of benzene rings is 3. The first kappa shape index (κ1) is 24.8. The first-order chi connectivity index (χ1) is 16.8. The number of nitrogens with zero attached hydrogens (tertiary/aromatic N) is 2. The molecule has 1 amide bonds. The van der Waals surface area contributed by atoms with E-state index in [1.165, 1.54) is 29.2 Å². The molecule has 3 aromatic rings. The van der Waals surface area contributed by atoms with Gasteiger partial charge in [-0.1, -0.05) is 60.7 Å². The number of hydrogen-bond donors (Lipinski definition) is 2. The number of aliphatic hydroxyl groups is 1. The Morgan fingerprint density at radius 2 is 1.60 bits per heavy atom. The Bertz CT molecular complexity index is 1210. The Kier molecular flexibility index (Phi) is 7.49. The molecular formula is C26H24N2O5S2. The highest BCUT2D eigenvalue weighted by Gasteiger charge is 2.46. The van der Waals surface area contributed by atoms with Crippen molar-refractivity contribution in [2.24, 2.45) is 5.92 Å². The Balaban J connectivity index is 1.69. The van der Waals surface area contributed by atoms with Gasteiger partial charge in [0.15, 0.2) is 0 Å². The van der Waals surface area contributed by atoms with Crippen molar-refractivity contribution in [1.29, 1.82) is 0 Å². The Labute approximate surface area is 213 Å². The fourth-order valence-corrected chi connectivity index (χ4v) is 5.13. The lowest BCUT2D eigenvalue weighted by Crippen LogP contribution is -2.44. The van der Waals surface area contributed by atoms with E-state index in [2.05, 4.69) is 0 Å². The molecule has 3 aromatic carbocycles. The zero-order chi connectivity index (χ0) is 25.1. The molecule has 9 heteroatoms. The minimum atomic E-state index is -1.29. The normalized spacial score (nSPS) is 20.1. The van der Waals surface area contributed by atoms with Crippen molar-refractivity contribution in [1.82, 2.24) is 4.90 Å². The second-order valence-corrected chi connectivity index (χ2v) is 9.24. The standard InChI is InChI=1S/C26H24N2O5S2/c1-16-23(18-8-4-2-5-9-18)33-26(35)27(16)25(30)21(24(34)19-10-6-3-7-11-19)22(29)17-12-14-20(15-13-17)28(31)32/h2-16,21-24,29,34H,1H3/t16-,21-,22-,23-,24-/m0/s1. The second-order valence-electron chi connectivity index (χ2n) is 8.34. The SMILES string of the molecule is C[C@H]1[C@@H](c2ccccc2)OC(=S)N1C(=O)[C@@H]([C@@H](O)c1ccc([N+](=O)[O-])cc1)[C@@H](S)c1ccccc1. The van der Waals surface area contributed by atoms with Crippen LogP contribution in [0, 0.1) is 16.0 Å². The molecule has 0 aliphatic carbocycles. The van der Waals surface area contributed by atoms with Gasteiger partial charge in [-0.25, -0.2) is 0 Å². The van der Waals surface area contributed by atoms with Crippen molar-refractivity contribution >= 4 is 41.6 Å². The van der Waals surface area contributed by atoms with E-state index in [1.807, 2.05) is 67.6 Å². The summed E-state index contributed by atoms with van der Waals surface area (Å²) in [7, 11) is 0. The minimum Gasteiger partial charge on any atom is -0.460 e. The van der Waals surface area contributed by atoms with E-state index < -0.39 is 40.2 Å². The number of hydrogen-bond acceptors (Lipinski definition) is 7. The maximum absolute atomic E-state index is 14.0. The van der Waals surface area contributed by atoms with Crippen molar-refractivity contribution in [3.63, 3.8) is 0 Å². The third-order valence-electron chi connectivity index (χ3n) is 6.19. The first-order valence-corrected chi connectivity index (χ1v) is 12.0. The van der Waals surface area contributed by atoms with Gasteiger partial charge in [-0.15, -0.1) is 0 Å². The molecule has 0 bridgehead atoms. The van der Waals surface area contributed by atoms with Gasteiger partial charge in [-0.3, -0.25) is 19.8 Å². The summed E-state index contributed by atoms with van der Waals surface area (Å²) in [5.41, 5.74) is 1.88. The van der Waals surface area contributed by atoms with Crippen LogP contribution in [0.15, 0.2) is 84.9 Å². The summed E-state index contributed by atoms with van der Waals surface area (Å²) in [6, 6.07) is 23.7. The molecule has 0 radical (unpaired) electrons. The number of thiol groups is 1. The van der Waals surface area contributed by atoms with E-state index in [1.54, 1.807) is 0 Å². The van der Waals surface area contributed by atoms with Crippen molar-refractivity contribution in [2.75, 3.05) is 0 Å². The number of nitro groups is 1. The highest BCUT2D eigenvalue weighted by molar-refractivity contribution is 7.80. The molecule has 1 aliphatic heterocycles. The molecule has 1 saturated heterocycles. The third kappa shape index (κ3) is 5.07. The zero-order valence-electron chi connectivity index (χ0n) is 18.8. The number of non-ortho nitro benzene ring substituents is 1. The summed E-state index contributed by atoms with van der Waals surface area (Å²) in [5.74, 6) is -1.48. The summed E-state index contributed by atoms with van der Waals surface area (Å²) < 4.78 is 5.91. The van der Waals surface area contributed by atoms with E-state index in [9.17, 15) is 20.0 Å². The number of rotatable bonds is 7. The van der Waals surface area contributed by atoms with Crippen LogP contribution in [-0.2, 0) is 9.53 Å². The van der Waals surface area contributed by atoms with Crippen LogP contribution in [0.1, 0.15) is 41.1 Å². The van der Waals surface area contributed by atoms with Gasteiger partial charge in [-0.05, 0) is 48.0 Å². The Morgan fingerprint density at radius 1 is 1.03 bits per heavy atom. The molecule has 0 saturated carbocycles. The van der Waals surface area contributed by atoms with Gasteiger partial charge in [0, 0.05) is 17.4 Å². The van der Waals surface area contributed by atoms with Crippen molar-refractivity contribution in [3.8, 4) is 0 Å². The predicted octanol–water partition coefficient (Wildman–Crippen LogP) is 5.19. The van der Waals surface area contributed by atoms with Crippen LogP contribution in [-0.4, -0.2) is 32.1 Å². The van der Waals surface area contributed by atoms with Crippen molar-refractivity contribution < 1.29 is 19.6 Å². The Morgan fingerprint density at radius 3 is 2.17 bits per heavy atom. The van der Waals surface area contributed by atoms with E-state index in [0.717, 1.165) is 11.1 Å². The molecular weight excluding hydrogens is 484 g/mol. The number of nitro benzene ring substituents is 1.